The lowest BCUT2D eigenvalue weighted by Gasteiger charge is -2.14. The van der Waals surface area contributed by atoms with Crippen molar-refractivity contribution in [2.75, 3.05) is 6.61 Å². The average Bonchev–Trinajstić information content (AvgIpc) is 2.51. The topological polar surface area (TPSA) is 124 Å². The number of ether oxygens (including phenoxy) is 1. The molecule has 0 heterocycles. The van der Waals surface area contributed by atoms with Crippen molar-refractivity contribution in [3.63, 3.8) is 0 Å². The van der Waals surface area contributed by atoms with Gasteiger partial charge in [-0.1, -0.05) is 13.0 Å². The number of nitrogens with two attached hydrogens (primary N) is 1. The Labute approximate surface area is 145 Å². The van der Waals surface area contributed by atoms with Crippen LogP contribution >= 0.6 is 0 Å². The zero-order valence-corrected chi connectivity index (χ0v) is 14.8. The highest BCUT2D eigenvalue weighted by Gasteiger charge is 2.26. The van der Waals surface area contributed by atoms with Crippen LogP contribution in [0.5, 0.6) is 5.75 Å². The summed E-state index contributed by atoms with van der Waals surface area (Å²) in [7, 11) is -9.23. The summed E-state index contributed by atoms with van der Waals surface area (Å²) in [4.78, 5) is -1.40. The molecule has 7 nitrogen and oxygen atoms in total. The van der Waals surface area contributed by atoms with Gasteiger partial charge in [-0.2, -0.15) is 8.42 Å². The summed E-state index contributed by atoms with van der Waals surface area (Å²) in [5.74, 6) is -0.686. The molecule has 0 atom stereocenters. The van der Waals surface area contributed by atoms with Gasteiger partial charge in [-0.15, -0.1) is 0 Å². The summed E-state index contributed by atoms with van der Waals surface area (Å²) in [5.41, 5.74) is -0.919. The van der Waals surface area contributed by atoms with Crippen LogP contribution in [0.3, 0.4) is 0 Å². The molecule has 0 bridgehead atoms. The molecular weight excluding hydrogens is 373 g/mol. The minimum Gasteiger partial charge on any atom is -0.494 e. The van der Waals surface area contributed by atoms with E-state index >= 15 is 0 Å². The maximum absolute atomic E-state index is 14.3. The highest BCUT2D eigenvalue weighted by molar-refractivity contribution is 7.89. The highest BCUT2D eigenvalue weighted by atomic mass is 32.2. The molecule has 0 aliphatic heterocycles. The molecular formula is C15H16FNO6S2. The Kier molecular flexibility index (Phi) is 5.47. The molecule has 0 aliphatic carbocycles. The Hall–Kier alpha value is -2.01. The second-order valence-electron chi connectivity index (χ2n) is 5.14. The Balaban J connectivity index is 2.86. The zero-order valence-electron chi connectivity index (χ0n) is 13.1. The maximum Gasteiger partial charge on any atom is 0.295 e. The summed E-state index contributed by atoms with van der Waals surface area (Å²) < 4.78 is 76.0. The maximum atomic E-state index is 14.3. The van der Waals surface area contributed by atoms with E-state index in [2.05, 4.69) is 0 Å². The minimum absolute atomic E-state index is 0.212. The third-order valence-electron chi connectivity index (χ3n) is 3.25. The van der Waals surface area contributed by atoms with Gasteiger partial charge in [0.2, 0.25) is 10.0 Å². The largest absolute Gasteiger partial charge is 0.494 e. The summed E-state index contributed by atoms with van der Waals surface area (Å²) >= 11 is 0. The van der Waals surface area contributed by atoms with E-state index in [9.17, 15) is 25.8 Å². The lowest BCUT2D eigenvalue weighted by Crippen LogP contribution is -2.15. The highest BCUT2D eigenvalue weighted by Crippen LogP contribution is 2.36. The van der Waals surface area contributed by atoms with E-state index in [0.29, 0.717) is 13.0 Å². The third kappa shape index (κ3) is 4.34. The van der Waals surface area contributed by atoms with E-state index in [4.69, 9.17) is 9.88 Å². The van der Waals surface area contributed by atoms with E-state index in [1.54, 1.807) is 0 Å². The number of rotatable bonds is 6. The first-order chi connectivity index (χ1) is 11.6. The number of hydrogen-bond acceptors (Lipinski definition) is 5. The van der Waals surface area contributed by atoms with Crippen molar-refractivity contribution in [1.82, 2.24) is 0 Å². The number of benzene rings is 2. The van der Waals surface area contributed by atoms with Gasteiger partial charge < -0.3 is 4.74 Å². The molecule has 0 aromatic heterocycles. The number of sulfonamides is 1. The molecule has 3 N–H and O–H groups in total. The fourth-order valence-electron chi connectivity index (χ4n) is 2.23. The fourth-order valence-corrected chi connectivity index (χ4v) is 3.80. The van der Waals surface area contributed by atoms with Crippen LogP contribution in [-0.4, -0.2) is 28.0 Å². The van der Waals surface area contributed by atoms with Crippen molar-refractivity contribution in [2.24, 2.45) is 5.14 Å². The molecule has 0 fully saturated rings. The lowest BCUT2D eigenvalue weighted by molar-refractivity contribution is 0.317. The Bertz CT molecular complexity index is 952. The molecule has 0 aliphatic rings. The van der Waals surface area contributed by atoms with E-state index < -0.39 is 41.3 Å². The van der Waals surface area contributed by atoms with Crippen molar-refractivity contribution in [2.45, 2.75) is 23.1 Å². The van der Waals surface area contributed by atoms with Gasteiger partial charge in [-0.05, 0) is 36.8 Å². The molecule has 136 valence electrons. The molecule has 0 spiro atoms. The quantitative estimate of drug-likeness (QED) is 0.730. The molecule has 0 saturated carbocycles. The first-order valence-corrected chi connectivity index (χ1v) is 10.1. The fraction of sp³-hybridized carbons (Fsp3) is 0.200. The molecule has 2 aromatic carbocycles. The summed E-state index contributed by atoms with van der Waals surface area (Å²) in [6, 6.07) is 6.55. The van der Waals surface area contributed by atoms with Crippen molar-refractivity contribution in [1.29, 1.82) is 0 Å². The average molecular weight is 389 g/mol. The van der Waals surface area contributed by atoms with Crippen molar-refractivity contribution in [3.05, 3.63) is 42.2 Å². The van der Waals surface area contributed by atoms with Crippen LogP contribution in [0, 0.1) is 5.82 Å². The van der Waals surface area contributed by atoms with Gasteiger partial charge in [0.15, 0.2) is 0 Å². The normalized spacial score (nSPS) is 12.2. The number of primary sulfonamides is 1. The van der Waals surface area contributed by atoms with Crippen LogP contribution in [0.1, 0.15) is 13.3 Å². The SMILES string of the molecule is CCCOc1ccc(F)c(-c2c(S(N)(=O)=O)cccc2S(=O)(=O)O)c1. The van der Waals surface area contributed by atoms with Gasteiger partial charge in [0.1, 0.15) is 16.5 Å². The van der Waals surface area contributed by atoms with Crippen LogP contribution in [0.2, 0.25) is 0 Å². The molecule has 0 saturated heterocycles. The second-order valence-corrected chi connectivity index (χ2v) is 8.06. The minimum atomic E-state index is -4.84. The van der Waals surface area contributed by atoms with Crippen LogP contribution in [0.25, 0.3) is 11.1 Å². The van der Waals surface area contributed by atoms with Crippen molar-refractivity contribution in [3.8, 4) is 16.9 Å². The van der Waals surface area contributed by atoms with Gasteiger partial charge in [-0.3, -0.25) is 4.55 Å². The van der Waals surface area contributed by atoms with Gasteiger partial charge in [0, 0.05) is 11.1 Å². The Morgan fingerprint density at radius 3 is 2.32 bits per heavy atom. The second kappa shape index (κ2) is 7.08. The van der Waals surface area contributed by atoms with Crippen LogP contribution in [0.4, 0.5) is 4.39 Å². The van der Waals surface area contributed by atoms with Crippen LogP contribution < -0.4 is 9.88 Å². The monoisotopic (exact) mass is 389 g/mol. The Morgan fingerprint density at radius 2 is 1.76 bits per heavy atom. The molecule has 25 heavy (non-hydrogen) atoms. The summed E-state index contributed by atoms with van der Waals surface area (Å²) in [5, 5.41) is 5.12. The molecule has 0 unspecified atom stereocenters. The molecule has 0 amide bonds. The first-order valence-electron chi connectivity index (χ1n) is 7.11. The number of halogens is 1. The predicted molar refractivity (Wildman–Crippen MR) is 88.8 cm³/mol. The molecule has 0 radical (unpaired) electrons. The smallest absolute Gasteiger partial charge is 0.295 e. The molecule has 10 heteroatoms. The van der Waals surface area contributed by atoms with Gasteiger partial charge in [0.05, 0.1) is 11.5 Å². The summed E-state index contributed by atoms with van der Waals surface area (Å²) in [6.07, 6.45) is 0.677. The zero-order chi connectivity index (χ0) is 18.8. The van der Waals surface area contributed by atoms with Gasteiger partial charge >= 0.3 is 0 Å². The van der Waals surface area contributed by atoms with Crippen LogP contribution in [0.15, 0.2) is 46.2 Å². The number of hydrogen-bond donors (Lipinski definition) is 2. The van der Waals surface area contributed by atoms with E-state index in [1.807, 2.05) is 6.92 Å². The van der Waals surface area contributed by atoms with Crippen molar-refractivity contribution >= 4 is 20.1 Å². The first kappa shape index (κ1) is 19.3. The predicted octanol–water partition coefficient (Wildman–Crippen LogP) is 2.18. The Morgan fingerprint density at radius 1 is 1.12 bits per heavy atom. The van der Waals surface area contributed by atoms with Gasteiger partial charge in [0.25, 0.3) is 10.1 Å². The van der Waals surface area contributed by atoms with E-state index in [-0.39, 0.29) is 11.3 Å². The molecule has 2 rings (SSSR count). The summed E-state index contributed by atoms with van der Waals surface area (Å²) in [6.45, 7) is 2.18. The van der Waals surface area contributed by atoms with E-state index in [0.717, 1.165) is 30.3 Å². The van der Waals surface area contributed by atoms with Crippen LogP contribution in [-0.2, 0) is 20.1 Å². The lowest BCUT2D eigenvalue weighted by atomic mass is 10.0. The van der Waals surface area contributed by atoms with Crippen molar-refractivity contribution < 1.29 is 30.5 Å². The molecule has 2 aromatic rings. The van der Waals surface area contributed by atoms with Gasteiger partial charge in [-0.25, -0.2) is 17.9 Å². The third-order valence-corrected chi connectivity index (χ3v) is 5.10. The standard InChI is InChI=1S/C15H16FNO6S2/c1-2-8-23-10-6-7-12(16)11(9-10)15-13(24(17,18)19)4-3-5-14(15)25(20,21)22/h3-7,9H,2,8H2,1H3,(H2,17,18,19)(H,20,21,22). The van der Waals surface area contributed by atoms with E-state index in [1.165, 1.54) is 6.07 Å².